The van der Waals surface area contributed by atoms with Crippen molar-refractivity contribution in [1.29, 1.82) is 0 Å². The number of benzene rings is 1. The van der Waals surface area contributed by atoms with Crippen molar-refractivity contribution in [2.24, 2.45) is 5.92 Å². The molecule has 1 aliphatic heterocycles. The lowest BCUT2D eigenvalue weighted by Crippen LogP contribution is -2.33. The van der Waals surface area contributed by atoms with E-state index in [1.807, 2.05) is 11.8 Å². The van der Waals surface area contributed by atoms with Gasteiger partial charge in [0.25, 0.3) is 0 Å². The van der Waals surface area contributed by atoms with E-state index in [1.54, 1.807) is 0 Å². The van der Waals surface area contributed by atoms with E-state index >= 15 is 0 Å². The molecule has 1 atom stereocenters. The smallest absolute Gasteiger partial charge is 0.0233 e. The fourth-order valence-corrected chi connectivity index (χ4v) is 2.83. The number of likely N-dealkylation sites (tertiary alicyclic amines) is 1. The van der Waals surface area contributed by atoms with Gasteiger partial charge in [-0.1, -0.05) is 19.1 Å². The standard InChI is InChI=1S/C14H21NS/c1-12-4-3-9-15(10-12)11-13-5-7-14(16-2)8-6-13/h5-8,12H,3-4,9-11H2,1-2H3/t12-/m1/s1. The maximum absolute atomic E-state index is 2.59. The van der Waals surface area contributed by atoms with Gasteiger partial charge in [-0.05, 0) is 49.3 Å². The van der Waals surface area contributed by atoms with Gasteiger partial charge in [0.2, 0.25) is 0 Å². The van der Waals surface area contributed by atoms with Crippen LogP contribution in [0, 0.1) is 5.92 Å². The van der Waals surface area contributed by atoms with E-state index in [0.29, 0.717) is 0 Å². The predicted octanol–water partition coefficient (Wildman–Crippen LogP) is 3.64. The van der Waals surface area contributed by atoms with Crippen LogP contribution >= 0.6 is 11.8 Å². The maximum atomic E-state index is 2.59. The van der Waals surface area contributed by atoms with Crippen molar-refractivity contribution in [3.63, 3.8) is 0 Å². The first-order valence-corrected chi connectivity index (χ1v) is 7.35. The van der Waals surface area contributed by atoms with Crippen molar-refractivity contribution in [2.75, 3.05) is 19.3 Å². The number of hydrogen-bond acceptors (Lipinski definition) is 2. The fourth-order valence-electron chi connectivity index (χ4n) is 2.42. The van der Waals surface area contributed by atoms with Gasteiger partial charge < -0.3 is 0 Å². The Morgan fingerprint density at radius 3 is 2.69 bits per heavy atom. The molecule has 1 aromatic rings. The zero-order valence-electron chi connectivity index (χ0n) is 10.3. The Labute approximate surface area is 103 Å². The molecular weight excluding hydrogens is 214 g/mol. The minimum atomic E-state index is 0.874. The molecule has 0 bridgehead atoms. The van der Waals surface area contributed by atoms with E-state index in [2.05, 4.69) is 42.3 Å². The predicted molar refractivity (Wildman–Crippen MR) is 71.9 cm³/mol. The normalized spacial score (nSPS) is 22.2. The van der Waals surface area contributed by atoms with Gasteiger partial charge in [-0.2, -0.15) is 0 Å². The van der Waals surface area contributed by atoms with Gasteiger partial charge in [-0.3, -0.25) is 4.90 Å². The van der Waals surface area contributed by atoms with Crippen LogP contribution in [0.2, 0.25) is 0 Å². The van der Waals surface area contributed by atoms with E-state index in [0.717, 1.165) is 12.5 Å². The van der Waals surface area contributed by atoms with E-state index in [4.69, 9.17) is 0 Å². The molecule has 1 aliphatic rings. The van der Waals surface area contributed by atoms with Gasteiger partial charge in [-0.15, -0.1) is 11.8 Å². The fraction of sp³-hybridized carbons (Fsp3) is 0.571. The average Bonchev–Trinajstić information content (AvgIpc) is 2.30. The summed E-state index contributed by atoms with van der Waals surface area (Å²) in [5.74, 6) is 0.874. The Kier molecular flexibility index (Phi) is 4.30. The first-order valence-electron chi connectivity index (χ1n) is 6.13. The molecule has 0 unspecified atom stereocenters. The summed E-state index contributed by atoms with van der Waals surface area (Å²) >= 11 is 1.81. The van der Waals surface area contributed by atoms with Gasteiger partial charge >= 0.3 is 0 Å². The largest absolute Gasteiger partial charge is 0.299 e. The van der Waals surface area contributed by atoms with Gasteiger partial charge in [0, 0.05) is 18.0 Å². The lowest BCUT2D eigenvalue weighted by Gasteiger charge is -2.30. The third-order valence-corrected chi connectivity index (χ3v) is 4.05. The Hall–Kier alpha value is -0.470. The van der Waals surface area contributed by atoms with Gasteiger partial charge in [0.05, 0.1) is 0 Å². The number of hydrogen-bond donors (Lipinski definition) is 0. The minimum Gasteiger partial charge on any atom is -0.299 e. The first-order chi connectivity index (χ1) is 7.78. The molecule has 0 saturated carbocycles. The third kappa shape index (κ3) is 3.26. The van der Waals surface area contributed by atoms with Crippen LogP contribution in [0.15, 0.2) is 29.2 Å². The highest BCUT2D eigenvalue weighted by Crippen LogP contribution is 2.19. The van der Waals surface area contributed by atoms with Crippen LogP contribution in [0.4, 0.5) is 0 Å². The summed E-state index contributed by atoms with van der Waals surface area (Å²) < 4.78 is 0. The highest BCUT2D eigenvalue weighted by molar-refractivity contribution is 7.98. The van der Waals surface area contributed by atoms with Crippen molar-refractivity contribution in [2.45, 2.75) is 31.2 Å². The van der Waals surface area contributed by atoms with Crippen LogP contribution in [-0.2, 0) is 6.54 Å². The van der Waals surface area contributed by atoms with Crippen molar-refractivity contribution in [3.8, 4) is 0 Å². The van der Waals surface area contributed by atoms with Crippen LogP contribution in [0.25, 0.3) is 0 Å². The molecule has 1 fully saturated rings. The molecule has 0 amide bonds. The monoisotopic (exact) mass is 235 g/mol. The van der Waals surface area contributed by atoms with E-state index in [9.17, 15) is 0 Å². The van der Waals surface area contributed by atoms with E-state index < -0.39 is 0 Å². The summed E-state index contributed by atoms with van der Waals surface area (Å²) in [6, 6.07) is 9.00. The number of nitrogens with zero attached hydrogens (tertiary/aromatic N) is 1. The lowest BCUT2D eigenvalue weighted by atomic mass is 10.00. The van der Waals surface area contributed by atoms with Crippen molar-refractivity contribution in [3.05, 3.63) is 29.8 Å². The summed E-state index contributed by atoms with van der Waals surface area (Å²) in [4.78, 5) is 3.94. The number of thioether (sulfide) groups is 1. The Morgan fingerprint density at radius 1 is 1.31 bits per heavy atom. The molecule has 2 heteroatoms. The molecule has 2 rings (SSSR count). The maximum Gasteiger partial charge on any atom is 0.0233 e. The van der Waals surface area contributed by atoms with Gasteiger partial charge in [0.1, 0.15) is 0 Å². The Bertz CT molecular complexity index is 320. The summed E-state index contributed by atoms with van der Waals surface area (Å²) in [5, 5.41) is 0. The Balaban J connectivity index is 1.92. The van der Waals surface area contributed by atoms with E-state index in [1.165, 1.54) is 36.4 Å². The molecule has 88 valence electrons. The summed E-state index contributed by atoms with van der Waals surface area (Å²) in [7, 11) is 0. The minimum absolute atomic E-state index is 0.874. The zero-order chi connectivity index (χ0) is 11.4. The molecule has 1 heterocycles. The third-order valence-electron chi connectivity index (χ3n) is 3.31. The quantitative estimate of drug-likeness (QED) is 0.736. The first kappa shape index (κ1) is 12.0. The molecule has 0 spiro atoms. The summed E-state index contributed by atoms with van der Waals surface area (Å²) in [6.07, 6.45) is 4.90. The van der Waals surface area contributed by atoms with E-state index in [-0.39, 0.29) is 0 Å². The highest BCUT2D eigenvalue weighted by Gasteiger charge is 2.15. The Morgan fingerprint density at radius 2 is 2.06 bits per heavy atom. The molecule has 0 radical (unpaired) electrons. The van der Waals surface area contributed by atoms with Crippen LogP contribution in [-0.4, -0.2) is 24.2 Å². The molecule has 0 aromatic heterocycles. The van der Waals surface area contributed by atoms with Crippen molar-refractivity contribution < 1.29 is 0 Å². The zero-order valence-corrected chi connectivity index (χ0v) is 11.1. The molecule has 0 aliphatic carbocycles. The van der Waals surface area contributed by atoms with Crippen molar-refractivity contribution >= 4 is 11.8 Å². The lowest BCUT2D eigenvalue weighted by molar-refractivity contribution is 0.176. The molecule has 1 aromatic carbocycles. The molecule has 1 saturated heterocycles. The van der Waals surface area contributed by atoms with Gasteiger partial charge in [-0.25, -0.2) is 0 Å². The number of rotatable bonds is 3. The van der Waals surface area contributed by atoms with Crippen LogP contribution in [0.5, 0.6) is 0 Å². The highest BCUT2D eigenvalue weighted by atomic mass is 32.2. The van der Waals surface area contributed by atoms with Crippen LogP contribution in [0.3, 0.4) is 0 Å². The van der Waals surface area contributed by atoms with Crippen LogP contribution in [0.1, 0.15) is 25.3 Å². The second kappa shape index (κ2) is 5.74. The summed E-state index contributed by atoms with van der Waals surface area (Å²) in [6.45, 7) is 6.03. The average molecular weight is 235 g/mol. The molecule has 16 heavy (non-hydrogen) atoms. The molecule has 0 N–H and O–H groups in total. The molecule has 1 nitrogen and oxygen atoms in total. The SMILES string of the molecule is CSc1ccc(CN2CCC[C@@H](C)C2)cc1. The van der Waals surface area contributed by atoms with Crippen molar-refractivity contribution in [1.82, 2.24) is 4.90 Å². The number of piperidine rings is 1. The van der Waals surface area contributed by atoms with Gasteiger partial charge in [0.15, 0.2) is 0 Å². The summed E-state index contributed by atoms with van der Waals surface area (Å²) in [5.41, 5.74) is 1.45. The molecular formula is C14H21NS. The van der Waals surface area contributed by atoms with Crippen LogP contribution < -0.4 is 0 Å². The second-order valence-electron chi connectivity index (χ2n) is 4.83. The topological polar surface area (TPSA) is 3.24 Å². The second-order valence-corrected chi connectivity index (χ2v) is 5.71.